The standard InChI is InChI=1S/C28H29NO7/c30-23-24-22(18-33-26(35-24)21-14-8-3-9-15-21)36-28(32,16-19-10-4-1-5-11-19)25(23)29-27(31)34-17-20-12-6-2-7-13-20/h1-15,22-26,30,32H,16-18H2,(H,29,31)/t22-,23+,24-,25-,26?,28+/m1/s1. The highest BCUT2D eigenvalue weighted by Crippen LogP contribution is 2.38. The van der Waals surface area contributed by atoms with E-state index in [4.69, 9.17) is 18.9 Å². The molecule has 0 aromatic heterocycles. The fraction of sp³-hybridized carbons (Fsp3) is 0.321. The number of ether oxygens (including phenoxy) is 4. The minimum atomic E-state index is -1.93. The van der Waals surface area contributed by atoms with Crippen molar-refractivity contribution < 1.29 is 34.0 Å². The largest absolute Gasteiger partial charge is 0.445 e. The normalized spacial score (nSPS) is 29.7. The van der Waals surface area contributed by atoms with E-state index in [2.05, 4.69) is 5.32 Å². The molecular weight excluding hydrogens is 462 g/mol. The number of fused-ring (bicyclic) bond motifs is 1. The Balaban J connectivity index is 1.35. The van der Waals surface area contributed by atoms with Crippen LogP contribution in [0.15, 0.2) is 91.0 Å². The molecule has 0 bridgehead atoms. The molecule has 3 aromatic carbocycles. The molecule has 0 aliphatic carbocycles. The first-order chi connectivity index (χ1) is 17.5. The first-order valence-electron chi connectivity index (χ1n) is 11.9. The number of rotatable bonds is 6. The summed E-state index contributed by atoms with van der Waals surface area (Å²) >= 11 is 0. The number of carbonyl (C=O) groups is 1. The van der Waals surface area contributed by atoms with Crippen molar-refractivity contribution in [1.82, 2.24) is 5.32 Å². The first-order valence-corrected chi connectivity index (χ1v) is 11.9. The highest BCUT2D eigenvalue weighted by molar-refractivity contribution is 5.68. The molecule has 8 nitrogen and oxygen atoms in total. The van der Waals surface area contributed by atoms with Crippen LogP contribution in [-0.4, -0.2) is 53.1 Å². The molecule has 1 amide bonds. The van der Waals surface area contributed by atoms with Crippen molar-refractivity contribution in [3.05, 3.63) is 108 Å². The number of aliphatic hydroxyl groups is 2. The van der Waals surface area contributed by atoms with Crippen LogP contribution in [0.4, 0.5) is 4.79 Å². The Labute approximate surface area is 209 Å². The number of hydrogen-bond donors (Lipinski definition) is 3. The summed E-state index contributed by atoms with van der Waals surface area (Å²) in [5.74, 6) is -1.93. The van der Waals surface area contributed by atoms with E-state index in [1.165, 1.54) is 0 Å². The van der Waals surface area contributed by atoms with Gasteiger partial charge in [-0.15, -0.1) is 0 Å². The van der Waals surface area contributed by atoms with Crippen molar-refractivity contribution >= 4 is 6.09 Å². The van der Waals surface area contributed by atoms with Gasteiger partial charge < -0.3 is 34.5 Å². The Hall–Kier alpha value is -3.27. The van der Waals surface area contributed by atoms with Gasteiger partial charge in [0.15, 0.2) is 12.1 Å². The number of aliphatic hydroxyl groups excluding tert-OH is 1. The lowest BCUT2D eigenvalue weighted by Gasteiger charge is -2.51. The van der Waals surface area contributed by atoms with E-state index in [0.29, 0.717) is 0 Å². The summed E-state index contributed by atoms with van der Waals surface area (Å²) in [6.45, 7) is 0.142. The Morgan fingerprint density at radius 1 is 0.944 bits per heavy atom. The smallest absolute Gasteiger partial charge is 0.407 e. The van der Waals surface area contributed by atoms with Crippen LogP contribution < -0.4 is 5.32 Å². The predicted octanol–water partition coefficient (Wildman–Crippen LogP) is 3.09. The maximum absolute atomic E-state index is 12.7. The molecule has 8 heteroatoms. The fourth-order valence-corrected chi connectivity index (χ4v) is 4.65. The summed E-state index contributed by atoms with van der Waals surface area (Å²) < 4.78 is 23.4. The molecule has 0 radical (unpaired) electrons. The maximum Gasteiger partial charge on any atom is 0.407 e. The summed E-state index contributed by atoms with van der Waals surface area (Å²) in [4.78, 5) is 12.7. The van der Waals surface area contributed by atoms with Gasteiger partial charge in [-0.2, -0.15) is 0 Å². The van der Waals surface area contributed by atoms with Crippen LogP contribution in [-0.2, 0) is 32.0 Å². The Morgan fingerprint density at radius 2 is 1.56 bits per heavy atom. The van der Waals surface area contributed by atoms with Gasteiger partial charge in [-0.05, 0) is 11.1 Å². The predicted molar refractivity (Wildman–Crippen MR) is 130 cm³/mol. The zero-order valence-corrected chi connectivity index (χ0v) is 19.6. The number of alkyl carbamates (subject to hydrolysis) is 1. The highest BCUT2D eigenvalue weighted by Gasteiger charge is 2.56. The average Bonchev–Trinajstić information content (AvgIpc) is 2.91. The SMILES string of the molecule is O=C(N[C@@H]1[C@@H](O)[C@@H]2OC(c3ccccc3)OC[C@H]2O[C@@]1(O)Cc1ccccc1)OCc1ccccc1. The zero-order chi connectivity index (χ0) is 25.0. The maximum atomic E-state index is 12.7. The highest BCUT2D eigenvalue weighted by atomic mass is 16.7. The van der Waals surface area contributed by atoms with Crippen LogP contribution >= 0.6 is 0 Å². The first kappa shape index (κ1) is 24.4. The topological polar surface area (TPSA) is 106 Å². The molecule has 2 fully saturated rings. The minimum Gasteiger partial charge on any atom is -0.445 e. The Morgan fingerprint density at radius 3 is 2.22 bits per heavy atom. The molecule has 0 saturated carbocycles. The molecule has 2 aliphatic heterocycles. The van der Waals surface area contributed by atoms with E-state index in [1.807, 2.05) is 91.0 Å². The van der Waals surface area contributed by atoms with Gasteiger partial charge in [0.05, 0.1) is 6.61 Å². The van der Waals surface area contributed by atoms with Gasteiger partial charge in [-0.25, -0.2) is 4.79 Å². The van der Waals surface area contributed by atoms with Crippen molar-refractivity contribution in [3.63, 3.8) is 0 Å². The molecule has 5 rings (SSSR count). The molecule has 6 atom stereocenters. The second-order valence-corrected chi connectivity index (χ2v) is 9.01. The second kappa shape index (κ2) is 10.8. The van der Waals surface area contributed by atoms with Gasteiger partial charge in [0.1, 0.15) is 31.0 Å². The summed E-state index contributed by atoms with van der Waals surface area (Å²) in [7, 11) is 0. The van der Waals surface area contributed by atoms with Crippen molar-refractivity contribution in [2.24, 2.45) is 0 Å². The lowest BCUT2D eigenvalue weighted by Crippen LogP contribution is -2.72. The minimum absolute atomic E-state index is 0.0276. The number of nitrogens with one attached hydrogen (secondary N) is 1. The van der Waals surface area contributed by atoms with Crippen LogP contribution in [0, 0.1) is 0 Å². The van der Waals surface area contributed by atoms with Gasteiger partial charge >= 0.3 is 6.09 Å². The van der Waals surface area contributed by atoms with Gasteiger partial charge in [-0.3, -0.25) is 0 Å². The van der Waals surface area contributed by atoms with E-state index in [1.54, 1.807) is 0 Å². The number of amides is 1. The quantitative estimate of drug-likeness (QED) is 0.487. The van der Waals surface area contributed by atoms with Crippen molar-refractivity contribution in [1.29, 1.82) is 0 Å². The summed E-state index contributed by atoms with van der Waals surface area (Å²) in [6, 6.07) is 26.6. The van der Waals surface area contributed by atoms with E-state index < -0.39 is 42.5 Å². The monoisotopic (exact) mass is 491 g/mol. The number of benzene rings is 3. The van der Waals surface area contributed by atoms with Crippen LogP contribution in [0.25, 0.3) is 0 Å². The molecule has 2 saturated heterocycles. The summed E-state index contributed by atoms with van der Waals surface area (Å²) in [6.07, 6.45) is -4.36. The number of carbonyl (C=O) groups excluding carboxylic acids is 1. The lowest BCUT2D eigenvalue weighted by molar-refractivity contribution is -0.372. The number of hydrogen-bond acceptors (Lipinski definition) is 7. The average molecular weight is 492 g/mol. The third-order valence-corrected chi connectivity index (χ3v) is 6.44. The van der Waals surface area contributed by atoms with Gasteiger partial charge in [0, 0.05) is 12.0 Å². The molecule has 3 aromatic rings. The van der Waals surface area contributed by atoms with E-state index in [-0.39, 0.29) is 19.6 Å². The Kier molecular flexibility index (Phi) is 7.31. The molecule has 2 aliphatic rings. The summed E-state index contributed by atoms with van der Waals surface area (Å²) in [5, 5.41) is 25.7. The fourth-order valence-electron chi connectivity index (χ4n) is 4.65. The second-order valence-electron chi connectivity index (χ2n) is 9.01. The van der Waals surface area contributed by atoms with E-state index in [0.717, 1.165) is 16.7 Å². The summed E-state index contributed by atoms with van der Waals surface area (Å²) in [5.41, 5.74) is 2.38. The van der Waals surface area contributed by atoms with Crippen LogP contribution in [0.5, 0.6) is 0 Å². The third-order valence-electron chi connectivity index (χ3n) is 6.44. The van der Waals surface area contributed by atoms with Gasteiger partial charge in [0.2, 0.25) is 0 Å². The molecular formula is C28H29NO7. The lowest BCUT2D eigenvalue weighted by atomic mass is 9.86. The van der Waals surface area contributed by atoms with E-state index in [9.17, 15) is 15.0 Å². The molecule has 188 valence electrons. The molecule has 0 spiro atoms. The zero-order valence-electron chi connectivity index (χ0n) is 19.6. The van der Waals surface area contributed by atoms with Crippen molar-refractivity contribution in [2.45, 2.75) is 49.5 Å². The van der Waals surface area contributed by atoms with Crippen LogP contribution in [0.3, 0.4) is 0 Å². The van der Waals surface area contributed by atoms with Crippen LogP contribution in [0.2, 0.25) is 0 Å². The molecule has 1 unspecified atom stereocenters. The third kappa shape index (κ3) is 5.43. The molecule has 3 N–H and O–H groups in total. The molecule has 36 heavy (non-hydrogen) atoms. The van der Waals surface area contributed by atoms with Crippen molar-refractivity contribution in [3.8, 4) is 0 Å². The van der Waals surface area contributed by atoms with Gasteiger partial charge in [-0.1, -0.05) is 91.0 Å². The van der Waals surface area contributed by atoms with Gasteiger partial charge in [0.25, 0.3) is 0 Å². The Bertz CT molecular complexity index is 1130. The molecule has 2 heterocycles. The van der Waals surface area contributed by atoms with Crippen LogP contribution in [0.1, 0.15) is 23.0 Å². The van der Waals surface area contributed by atoms with E-state index >= 15 is 0 Å². The van der Waals surface area contributed by atoms with Crippen molar-refractivity contribution in [2.75, 3.05) is 6.61 Å².